The van der Waals surface area contributed by atoms with Crippen LogP contribution in [0.25, 0.3) is 0 Å². The van der Waals surface area contributed by atoms with Gasteiger partial charge in [-0.3, -0.25) is 4.68 Å². The maximum Gasteiger partial charge on any atom is 0.213 e. The van der Waals surface area contributed by atoms with Crippen LogP contribution < -0.4 is 5.32 Å². The zero-order chi connectivity index (χ0) is 12.8. The fourth-order valence-corrected chi connectivity index (χ4v) is 1.62. The van der Waals surface area contributed by atoms with Crippen LogP contribution in [-0.4, -0.2) is 26.5 Å². The predicted octanol–water partition coefficient (Wildman–Crippen LogP) is 1.57. The SMILES string of the molecule is CCC(C)n1ccc(CNCCc2ncon2)n1. The zero-order valence-corrected chi connectivity index (χ0v) is 10.8. The van der Waals surface area contributed by atoms with Crippen LogP contribution in [0.3, 0.4) is 0 Å². The smallest absolute Gasteiger partial charge is 0.213 e. The third-order valence-corrected chi connectivity index (χ3v) is 2.94. The summed E-state index contributed by atoms with van der Waals surface area (Å²) in [6.45, 7) is 5.91. The van der Waals surface area contributed by atoms with Crippen molar-refractivity contribution in [1.82, 2.24) is 25.2 Å². The van der Waals surface area contributed by atoms with Gasteiger partial charge in [-0.05, 0) is 19.4 Å². The van der Waals surface area contributed by atoms with Gasteiger partial charge in [0.05, 0.1) is 5.69 Å². The molecule has 0 aliphatic heterocycles. The van der Waals surface area contributed by atoms with Crippen molar-refractivity contribution in [2.24, 2.45) is 0 Å². The fraction of sp³-hybridized carbons (Fsp3) is 0.583. The van der Waals surface area contributed by atoms with Crippen LogP contribution >= 0.6 is 0 Å². The van der Waals surface area contributed by atoms with E-state index < -0.39 is 0 Å². The third kappa shape index (κ3) is 3.40. The molecular formula is C12H19N5O. The first-order valence-corrected chi connectivity index (χ1v) is 6.29. The highest BCUT2D eigenvalue weighted by molar-refractivity contribution is 4.99. The van der Waals surface area contributed by atoms with Crippen molar-refractivity contribution in [2.45, 2.75) is 39.3 Å². The van der Waals surface area contributed by atoms with E-state index >= 15 is 0 Å². The number of aromatic nitrogens is 4. The maximum atomic E-state index is 4.67. The second-order valence-electron chi connectivity index (χ2n) is 4.32. The average molecular weight is 249 g/mol. The summed E-state index contributed by atoms with van der Waals surface area (Å²) in [5, 5.41) is 11.6. The Morgan fingerprint density at radius 3 is 3.11 bits per heavy atom. The highest BCUT2D eigenvalue weighted by Gasteiger charge is 2.04. The maximum absolute atomic E-state index is 4.67. The Morgan fingerprint density at radius 1 is 1.50 bits per heavy atom. The van der Waals surface area contributed by atoms with Gasteiger partial charge in [0.25, 0.3) is 0 Å². The molecule has 0 bridgehead atoms. The minimum Gasteiger partial charge on any atom is -0.343 e. The minimum absolute atomic E-state index is 0.457. The minimum atomic E-state index is 0.457. The van der Waals surface area contributed by atoms with Crippen LogP contribution in [0.2, 0.25) is 0 Å². The highest BCUT2D eigenvalue weighted by atomic mass is 16.5. The lowest BCUT2D eigenvalue weighted by molar-refractivity contribution is 0.409. The Labute approximate surface area is 106 Å². The molecule has 0 fully saturated rings. The van der Waals surface area contributed by atoms with E-state index in [4.69, 9.17) is 0 Å². The molecule has 6 nitrogen and oxygen atoms in total. The van der Waals surface area contributed by atoms with Crippen LogP contribution in [0, 0.1) is 0 Å². The first-order valence-electron chi connectivity index (χ1n) is 6.29. The second kappa shape index (κ2) is 6.30. The third-order valence-electron chi connectivity index (χ3n) is 2.94. The van der Waals surface area contributed by atoms with Crippen molar-refractivity contribution in [3.63, 3.8) is 0 Å². The highest BCUT2D eigenvalue weighted by Crippen LogP contribution is 2.08. The van der Waals surface area contributed by atoms with Gasteiger partial charge in [0.2, 0.25) is 6.39 Å². The molecule has 0 radical (unpaired) electrons. The van der Waals surface area contributed by atoms with Crippen molar-refractivity contribution in [1.29, 1.82) is 0 Å². The number of hydrogen-bond donors (Lipinski definition) is 1. The van der Waals surface area contributed by atoms with E-state index in [0.29, 0.717) is 6.04 Å². The van der Waals surface area contributed by atoms with Crippen LogP contribution in [0.5, 0.6) is 0 Å². The van der Waals surface area contributed by atoms with E-state index in [2.05, 4.69) is 38.9 Å². The topological polar surface area (TPSA) is 68.8 Å². The normalized spacial score (nSPS) is 12.8. The molecule has 2 aromatic heterocycles. The van der Waals surface area contributed by atoms with Crippen molar-refractivity contribution >= 4 is 0 Å². The Kier molecular flexibility index (Phi) is 4.46. The van der Waals surface area contributed by atoms with Crippen LogP contribution in [0.1, 0.15) is 37.8 Å². The van der Waals surface area contributed by atoms with E-state index in [0.717, 1.165) is 37.4 Å². The lowest BCUT2D eigenvalue weighted by Gasteiger charge is -2.08. The summed E-state index contributed by atoms with van der Waals surface area (Å²) in [6, 6.07) is 2.51. The van der Waals surface area contributed by atoms with Crippen LogP contribution in [0.15, 0.2) is 23.2 Å². The zero-order valence-electron chi connectivity index (χ0n) is 10.8. The summed E-state index contributed by atoms with van der Waals surface area (Å²) in [4.78, 5) is 3.96. The van der Waals surface area contributed by atoms with E-state index in [9.17, 15) is 0 Å². The molecule has 0 spiro atoms. The van der Waals surface area contributed by atoms with E-state index in [1.54, 1.807) is 0 Å². The van der Waals surface area contributed by atoms with Gasteiger partial charge in [0.1, 0.15) is 0 Å². The molecule has 6 heteroatoms. The van der Waals surface area contributed by atoms with Crippen LogP contribution in [0.4, 0.5) is 0 Å². The van der Waals surface area contributed by atoms with Crippen molar-refractivity contribution in [2.75, 3.05) is 6.54 Å². The molecule has 2 rings (SSSR count). The van der Waals surface area contributed by atoms with Gasteiger partial charge in [-0.2, -0.15) is 10.1 Å². The van der Waals surface area contributed by atoms with Crippen molar-refractivity contribution in [3.8, 4) is 0 Å². The van der Waals surface area contributed by atoms with E-state index in [-0.39, 0.29) is 0 Å². The summed E-state index contributed by atoms with van der Waals surface area (Å²) in [5.74, 6) is 0.729. The number of rotatable bonds is 7. The quantitative estimate of drug-likeness (QED) is 0.754. The Balaban J connectivity index is 1.71. The molecule has 0 amide bonds. The lowest BCUT2D eigenvalue weighted by atomic mass is 10.3. The molecule has 1 N–H and O–H groups in total. The van der Waals surface area contributed by atoms with Gasteiger partial charge < -0.3 is 9.84 Å². The molecule has 98 valence electrons. The molecule has 1 atom stereocenters. The summed E-state index contributed by atoms with van der Waals surface area (Å²) in [6.07, 6.45) is 5.24. The number of nitrogens with one attached hydrogen (secondary N) is 1. The first-order chi connectivity index (χ1) is 8.79. The van der Waals surface area contributed by atoms with Gasteiger partial charge in [0.15, 0.2) is 5.82 Å². The number of hydrogen-bond acceptors (Lipinski definition) is 5. The molecule has 0 aromatic carbocycles. The molecule has 2 heterocycles. The summed E-state index contributed by atoms with van der Waals surface area (Å²) < 4.78 is 6.68. The van der Waals surface area contributed by atoms with Gasteiger partial charge in [-0.1, -0.05) is 12.1 Å². The average Bonchev–Trinajstić information content (AvgIpc) is 3.05. The molecule has 1 unspecified atom stereocenters. The van der Waals surface area contributed by atoms with Gasteiger partial charge in [-0.25, -0.2) is 0 Å². The number of nitrogens with zero attached hydrogens (tertiary/aromatic N) is 4. The Bertz CT molecular complexity index is 451. The van der Waals surface area contributed by atoms with Crippen LogP contribution in [-0.2, 0) is 13.0 Å². The summed E-state index contributed by atoms with van der Waals surface area (Å²) in [7, 11) is 0. The Morgan fingerprint density at radius 2 is 2.39 bits per heavy atom. The standard InChI is InChI=1S/C12H19N5O/c1-3-10(2)17-7-5-11(15-17)8-13-6-4-12-14-9-18-16-12/h5,7,9-10,13H,3-4,6,8H2,1-2H3. The largest absolute Gasteiger partial charge is 0.343 e. The molecule has 0 aliphatic rings. The molecule has 0 saturated heterocycles. The van der Waals surface area contributed by atoms with Gasteiger partial charge in [-0.15, -0.1) is 0 Å². The fourth-order valence-electron chi connectivity index (χ4n) is 1.62. The lowest BCUT2D eigenvalue weighted by Crippen LogP contribution is -2.18. The predicted molar refractivity (Wildman–Crippen MR) is 66.9 cm³/mol. The molecule has 0 aliphatic carbocycles. The van der Waals surface area contributed by atoms with E-state index in [1.807, 2.05) is 16.9 Å². The molecule has 18 heavy (non-hydrogen) atoms. The summed E-state index contributed by atoms with van der Waals surface area (Å²) >= 11 is 0. The Hall–Kier alpha value is -1.69. The monoisotopic (exact) mass is 249 g/mol. The molecule has 0 saturated carbocycles. The van der Waals surface area contributed by atoms with Gasteiger partial charge in [0, 0.05) is 31.7 Å². The van der Waals surface area contributed by atoms with Crippen molar-refractivity contribution in [3.05, 3.63) is 30.2 Å². The van der Waals surface area contributed by atoms with Gasteiger partial charge >= 0.3 is 0 Å². The summed E-state index contributed by atoms with van der Waals surface area (Å²) in [5.41, 5.74) is 1.06. The van der Waals surface area contributed by atoms with E-state index in [1.165, 1.54) is 6.39 Å². The molecule has 2 aromatic rings. The second-order valence-corrected chi connectivity index (χ2v) is 4.32. The van der Waals surface area contributed by atoms with Crippen molar-refractivity contribution < 1.29 is 4.52 Å². The first kappa shape index (κ1) is 12.8. The molecular weight excluding hydrogens is 230 g/mol.